The predicted octanol–water partition coefficient (Wildman–Crippen LogP) is 3.80. The summed E-state index contributed by atoms with van der Waals surface area (Å²) >= 11 is 1.76. The molecule has 2 heteroatoms. The van der Waals surface area contributed by atoms with E-state index in [1.54, 1.807) is 11.3 Å². The van der Waals surface area contributed by atoms with Crippen molar-refractivity contribution in [1.82, 2.24) is 0 Å². The fraction of sp³-hybridized carbons (Fsp3) is 0.0909. The summed E-state index contributed by atoms with van der Waals surface area (Å²) in [7, 11) is 0. The molecule has 0 fully saturated rings. The fourth-order valence-electron chi connectivity index (χ4n) is 1.20. The molecule has 1 nitrogen and oxygen atoms in total. The third kappa shape index (κ3) is 2.10. The number of aryl methyl sites for hydroxylation is 1. The zero-order valence-electron chi connectivity index (χ0n) is 7.45. The summed E-state index contributed by atoms with van der Waals surface area (Å²) in [6.07, 6.45) is 0. The van der Waals surface area contributed by atoms with Crippen molar-refractivity contribution in [3.05, 3.63) is 46.7 Å². The molecule has 13 heavy (non-hydrogen) atoms. The molecule has 1 N–H and O–H groups in total. The maximum absolute atomic E-state index is 3.34. The Labute approximate surface area is 82.0 Å². The van der Waals surface area contributed by atoms with E-state index in [4.69, 9.17) is 0 Å². The summed E-state index contributed by atoms with van der Waals surface area (Å²) in [5.41, 5.74) is 2.31. The SMILES string of the molecule is Cc1cc(Nc2ccccc2)cs1. The molecule has 2 rings (SSSR count). The first-order valence-electron chi connectivity index (χ1n) is 4.22. The van der Waals surface area contributed by atoms with Crippen LogP contribution in [0.1, 0.15) is 4.88 Å². The Morgan fingerprint density at radius 2 is 1.85 bits per heavy atom. The second-order valence-electron chi connectivity index (χ2n) is 2.94. The molecule has 1 aromatic carbocycles. The van der Waals surface area contributed by atoms with Gasteiger partial charge in [-0.25, -0.2) is 0 Å². The maximum Gasteiger partial charge on any atom is 0.0495 e. The van der Waals surface area contributed by atoms with Crippen molar-refractivity contribution in [2.75, 3.05) is 5.32 Å². The zero-order valence-corrected chi connectivity index (χ0v) is 8.27. The van der Waals surface area contributed by atoms with E-state index in [1.807, 2.05) is 18.2 Å². The molecule has 2 aromatic rings. The molecular weight excluding hydrogens is 178 g/mol. The van der Waals surface area contributed by atoms with Gasteiger partial charge in [-0.1, -0.05) is 18.2 Å². The summed E-state index contributed by atoms with van der Waals surface area (Å²) in [6.45, 7) is 2.11. The molecule has 0 bridgehead atoms. The highest BCUT2D eigenvalue weighted by atomic mass is 32.1. The molecule has 0 saturated heterocycles. The van der Waals surface area contributed by atoms with Crippen LogP contribution in [0.4, 0.5) is 11.4 Å². The minimum atomic E-state index is 1.14. The quantitative estimate of drug-likeness (QED) is 0.757. The van der Waals surface area contributed by atoms with Crippen molar-refractivity contribution in [3.8, 4) is 0 Å². The molecule has 0 aliphatic carbocycles. The van der Waals surface area contributed by atoms with Crippen LogP contribution in [0.5, 0.6) is 0 Å². The first-order chi connectivity index (χ1) is 6.34. The highest BCUT2D eigenvalue weighted by Crippen LogP contribution is 2.21. The summed E-state index contributed by atoms with van der Waals surface area (Å²) in [6, 6.07) is 12.4. The number of thiophene rings is 1. The Morgan fingerprint density at radius 3 is 2.46 bits per heavy atom. The number of hydrogen-bond donors (Lipinski definition) is 1. The Balaban J connectivity index is 2.15. The van der Waals surface area contributed by atoms with Gasteiger partial charge in [0.1, 0.15) is 0 Å². The van der Waals surface area contributed by atoms with Crippen LogP contribution >= 0.6 is 11.3 Å². The van der Waals surface area contributed by atoms with Crippen molar-refractivity contribution in [2.45, 2.75) is 6.92 Å². The largest absolute Gasteiger partial charge is 0.355 e. The monoisotopic (exact) mass is 189 g/mol. The Morgan fingerprint density at radius 1 is 1.08 bits per heavy atom. The van der Waals surface area contributed by atoms with Gasteiger partial charge >= 0.3 is 0 Å². The standard InChI is InChI=1S/C11H11NS/c1-9-7-11(8-13-9)12-10-5-3-2-4-6-10/h2-8,12H,1H3. The molecule has 0 amide bonds. The van der Waals surface area contributed by atoms with Crippen molar-refractivity contribution in [2.24, 2.45) is 0 Å². The van der Waals surface area contributed by atoms with Crippen LogP contribution < -0.4 is 5.32 Å². The van der Waals surface area contributed by atoms with Gasteiger partial charge in [-0.2, -0.15) is 0 Å². The molecule has 0 unspecified atom stereocenters. The first-order valence-corrected chi connectivity index (χ1v) is 5.10. The van der Waals surface area contributed by atoms with Gasteiger partial charge in [0.2, 0.25) is 0 Å². The average molecular weight is 189 g/mol. The third-order valence-corrected chi connectivity index (χ3v) is 2.65. The minimum Gasteiger partial charge on any atom is -0.355 e. The summed E-state index contributed by atoms with van der Waals surface area (Å²) in [4.78, 5) is 1.33. The van der Waals surface area contributed by atoms with Crippen LogP contribution in [-0.4, -0.2) is 0 Å². The average Bonchev–Trinajstić information content (AvgIpc) is 2.53. The zero-order chi connectivity index (χ0) is 9.10. The van der Waals surface area contributed by atoms with Gasteiger partial charge in [0.15, 0.2) is 0 Å². The van der Waals surface area contributed by atoms with Gasteiger partial charge in [-0.3, -0.25) is 0 Å². The van der Waals surface area contributed by atoms with Crippen LogP contribution in [-0.2, 0) is 0 Å². The molecule has 0 spiro atoms. The van der Waals surface area contributed by atoms with E-state index in [9.17, 15) is 0 Å². The molecule has 1 aromatic heterocycles. The molecule has 1 heterocycles. The van der Waals surface area contributed by atoms with Gasteiger partial charge < -0.3 is 5.32 Å². The lowest BCUT2D eigenvalue weighted by Crippen LogP contribution is -1.85. The maximum atomic E-state index is 3.34. The van der Waals surface area contributed by atoms with Crippen LogP contribution in [0.25, 0.3) is 0 Å². The third-order valence-electron chi connectivity index (χ3n) is 1.79. The van der Waals surface area contributed by atoms with E-state index in [0.717, 1.165) is 5.69 Å². The first kappa shape index (κ1) is 8.32. The second-order valence-corrected chi connectivity index (χ2v) is 4.05. The number of hydrogen-bond acceptors (Lipinski definition) is 2. The molecular formula is C11H11NS. The summed E-state index contributed by atoms with van der Waals surface area (Å²) < 4.78 is 0. The van der Waals surface area contributed by atoms with E-state index in [-0.39, 0.29) is 0 Å². The lowest BCUT2D eigenvalue weighted by molar-refractivity contribution is 1.56. The van der Waals surface area contributed by atoms with Gasteiger partial charge in [0.05, 0.1) is 0 Å². The normalized spacial score (nSPS) is 9.92. The van der Waals surface area contributed by atoms with Gasteiger partial charge in [-0.05, 0) is 25.1 Å². The van der Waals surface area contributed by atoms with Crippen LogP contribution in [0, 0.1) is 6.92 Å². The highest BCUT2D eigenvalue weighted by Gasteiger charge is 1.95. The number of anilines is 2. The van der Waals surface area contributed by atoms with E-state index in [2.05, 4.69) is 35.8 Å². The van der Waals surface area contributed by atoms with Gasteiger partial charge in [0, 0.05) is 21.6 Å². The Hall–Kier alpha value is -1.28. The second kappa shape index (κ2) is 3.62. The summed E-state index contributed by atoms with van der Waals surface area (Å²) in [5, 5.41) is 5.46. The van der Waals surface area contributed by atoms with Crippen molar-refractivity contribution < 1.29 is 0 Å². The predicted molar refractivity (Wildman–Crippen MR) is 58.8 cm³/mol. The van der Waals surface area contributed by atoms with E-state index in [0.29, 0.717) is 0 Å². The number of benzene rings is 1. The topological polar surface area (TPSA) is 12.0 Å². The van der Waals surface area contributed by atoms with Crippen molar-refractivity contribution >= 4 is 22.7 Å². The molecule has 0 radical (unpaired) electrons. The fourth-order valence-corrected chi connectivity index (χ4v) is 1.83. The number of nitrogens with one attached hydrogen (secondary N) is 1. The van der Waals surface area contributed by atoms with Crippen molar-refractivity contribution in [3.63, 3.8) is 0 Å². The van der Waals surface area contributed by atoms with E-state index in [1.165, 1.54) is 10.6 Å². The van der Waals surface area contributed by atoms with Crippen molar-refractivity contribution in [1.29, 1.82) is 0 Å². The lowest BCUT2D eigenvalue weighted by atomic mass is 10.3. The number of rotatable bonds is 2. The Bertz CT molecular complexity index is 378. The molecule has 66 valence electrons. The molecule has 0 aliphatic rings. The Kier molecular flexibility index (Phi) is 2.32. The minimum absolute atomic E-state index is 1.14. The van der Waals surface area contributed by atoms with Crippen LogP contribution in [0.15, 0.2) is 41.8 Å². The lowest BCUT2D eigenvalue weighted by Gasteiger charge is -2.01. The summed E-state index contributed by atoms with van der Waals surface area (Å²) in [5.74, 6) is 0. The number of para-hydroxylation sites is 1. The van der Waals surface area contributed by atoms with Gasteiger partial charge in [0.25, 0.3) is 0 Å². The highest BCUT2D eigenvalue weighted by molar-refractivity contribution is 7.10. The van der Waals surface area contributed by atoms with Gasteiger partial charge in [-0.15, -0.1) is 11.3 Å². The molecule has 0 atom stereocenters. The van der Waals surface area contributed by atoms with Crippen LogP contribution in [0.3, 0.4) is 0 Å². The molecule has 0 aliphatic heterocycles. The van der Waals surface area contributed by atoms with Crippen LogP contribution in [0.2, 0.25) is 0 Å². The molecule has 0 saturated carbocycles. The smallest absolute Gasteiger partial charge is 0.0495 e. The van der Waals surface area contributed by atoms with E-state index < -0.39 is 0 Å². The van der Waals surface area contributed by atoms with E-state index >= 15 is 0 Å².